The van der Waals surface area contributed by atoms with E-state index in [0.717, 1.165) is 0 Å². The predicted molar refractivity (Wildman–Crippen MR) is 183 cm³/mol. The van der Waals surface area contributed by atoms with Crippen molar-refractivity contribution in [1.29, 1.82) is 0 Å². The first-order valence-electron chi connectivity index (χ1n) is 14.8. The Balaban J connectivity index is 4.28. The summed E-state index contributed by atoms with van der Waals surface area (Å²) in [5.74, 6) is -1.70. The number of thiol groups is 1. The highest BCUT2D eigenvalue weighted by Crippen LogP contribution is 2.36. The quantitative estimate of drug-likeness (QED) is 0.0228. The van der Waals surface area contributed by atoms with Gasteiger partial charge in [-0.2, -0.15) is 12.6 Å². The summed E-state index contributed by atoms with van der Waals surface area (Å²) in [5, 5.41) is 18.0. The molecule has 1 unspecified atom stereocenters. The average Bonchev–Trinajstić information content (AvgIpc) is 2.87. The molecule has 0 aromatic rings. The first-order chi connectivity index (χ1) is 20.0. The van der Waals surface area contributed by atoms with Crippen LogP contribution in [0.2, 0.25) is 6.82 Å². The third-order valence-electron chi connectivity index (χ3n) is 6.91. The van der Waals surface area contributed by atoms with Crippen molar-refractivity contribution >= 4 is 71.9 Å². The molecule has 0 bridgehead atoms. The lowest BCUT2D eigenvalue weighted by Crippen LogP contribution is -2.54. The summed E-state index contributed by atoms with van der Waals surface area (Å²) in [7, 11) is 1.40. The molecule has 0 aromatic heterocycles. The van der Waals surface area contributed by atoms with Crippen molar-refractivity contribution in [2.75, 3.05) is 39.5 Å². The first kappa shape index (κ1) is 42.6. The van der Waals surface area contributed by atoms with Gasteiger partial charge in [-0.1, -0.05) is 43.3 Å². The highest BCUT2D eigenvalue weighted by Gasteiger charge is 2.43. The second-order valence-corrected chi connectivity index (χ2v) is 16.4. The van der Waals surface area contributed by atoms with E-state index in [1.807, 2.05) is 36.4 Å². The van der Waals surface area contributed by atoms with E-state index in [-0.39, 0.29) is 62.8 Å². The molecule has 0 aromatic carbocycles. The Morgan fingerprint density at radius 3 is 2.00 bits per heavy atom. The molecule has 0 fully saturated rings. The van der Waals surface area contributed by atoms with Crippen LogP contribution in [0.25, 0.3) is 0 Å². The Hall–Kier alpha value is -1.43. The highest BCUT2D eigenvalue weighted by molar-refractivity contribution is 14.1. The van der Waals surface area contributed by atoms with Crippen molar-refractivity contribution in [2.24, 2.45) is 16.6 Å². The smallest absolute Gasteiger partial charge is 0.309 e. The van der Waals surface area contributed by atoms with Gasteiger partial charge >= 0.3 is 5.97 Å². The molecule has 0 aliphatic rings. The van der Waals surface area contributed by atoms with E-state index < -0.39 is 30.6 Å². The molecule has 0 aliphatic carbocycles. The second-order valence-electron chi connectivity index (χ2n) is 13.3. The lowest BCUT2D eigenvalue weighted by molar-refractivity contribution is -0.148. The maximum Gasteiger partial charge on any atom is 0.309 e. The van der Waals surface area contributed by atoms with Crippen LogP contribution in [0.3, 0.4) is 0 Å². The van der Waals surface area contributed by atoms with Crippen LogP contribution in [0.5, 0.6) is 0 Å². The fourth-order valence-corrected chi connectivity index (χ4v) is 6.06. The Bertz CT molecular complexity index is 992. The van der Waals surface area contributed by atoms with Crippen molar-refractivity contribution in [3.05, 3.63) is 0 Å². The summed E-state index contributed by atoms with van der Waals surface area (Å²) in [5.41, 5.74) is 3.03. The van der Waals surface area contributed by atoms with Gasteiger partial charge in [0.2, 0.25) is 25.0 Å². The van der Waals surface area contributed by atoms with Crippen LogP contribution in [0.1, 0.15) is 80.6 Å². The second kappa shape index (κ2) is 18.7. The molecule has 3 amide bonds. The van der Waals surface area contributed by atoms with Gasteiger partial charge in [0.15, 0.2) is 0 Å². The van der Waals surface area contributed by atoms with Crippen molar-refractivity contribution in [3.63, 3.8) is 0 Å². The molecule has 0 saturated carbocycles. The van der Waals surface area contributed by atoms with Crippen molar-refractivity contribution < 1.29 is 38.6 Å². The van der Waals surface area contributed by atoms with E-state index in [1.54, 1.807) is 41.4 Å². The number of nitrogens with two attached hydrogens (primary N) is 1. The Kier molecular flexibility index (Phi) is 18.0. The molecule has 0 heterocycles. The minimum Gasteiger partial charge on any atom is -0.481 e. The van der Waals surface area contributed by atoms with Crippen LogP contribution >= 0.6 is 35.2 Å². The summed E-state index contributed by atoms with van der Waals surface area (Å²) in [6.45, 7) is 15.1. The molecule has 12 nitrogen and oxygen atoms in total. The molecule has 1 radical (unpaired) electrons. The van der Waals surface area contributed by atoms with Crippen LogP contribution in [-0.4, -0.2) is 95.1 Å². The van der Waals surface area contributed by atoms with Crippen LogP contribution < -0.4 is 21.7 Å². The number of unbranched alkanes of at least 4 members (excludes halogenated alkanes) is 1. The zero-order chi connectivity index (χ0) is 34.4. The summed E-state index contributed by atoms with van der Waals surface area (Å²) in [6.07, 6.45) is 2.21. The lowest BCUT2D eigenvalue weighted by atomic mass is 9.72. The molecular weight excluding hydrogens is 702 g/mol. The molecule has 0 spiro atoms. The zero-order valence-electron chi connectivity index (χ0n) is 27.6. The van der Waals surface area contributed by atoms with E-state index in [4.69, 9.17) is 15.2 Å². The fraction of sp³-hybridized carbons (Fsp3) is 0.828. The zero-order valence-corrected chi connectivity index (χ0v) is 30.6. The molecule has 44 heavy (non-hydrogen) atoms. The number of alkyl halides is 1. The number of hydrogen-bond acceptors (Lipinski definition) is 9. The van der Waals surface area contributed by atoms with Gasteiger partial charge < -0.3 is 41.1 Å². The number of carboxylic acids is 1. The van der Waals surface area contributed by atoms with Gasteiger partial charge in [-0.05, 0) is 66.7 Å². The van der Waals surface area contributed by atoms with E-state index >= 15 is 0 Å². The number of carboxylic acid groups (broad SMARTS) is 1. The van der Waals surface area contributed by atoms with E-state index in [1.165, 1.54) is 7.28 Å². The molecule has 15 heteroatoms. The maximum absolute atomic E-state index is 13.0. The third-order valence-corrected chi connectivity index (χ3v) is 8.22. The van der Waals surface area contributed by atoms with Crippen LogP contribution in [-0.2, 0) is 33.4 Å². The van der Waals surface area contributed by atoms with E-state index in [0.29, 0.717) is 32.2 Å². The molecule has 253 valence electrons. The number of ether oxygens (including phenoxy) is 2. The number of hydrogen-bond donors (Lipinski definition) is 6. The minimum atomic E-state index is -1.18. The number of carbonyl (C=O) groups excluding carboxylic acids is 4. The lowest BCUT2D eigenvalue weighted by Gasteiger charge is -2.38. The van der Waals surface area contributed by atoms with Crippen molar-refractivity contribution in [2.45, 2.75) is 101 Å². The predicted octanol–water partition coefficient (Wildman–Crippen LogP) is 2.29. The highest BCUT2D eigenvalue weighted by atomic mass is 127. The summed E-state index contributed by atoms with van der Waals surface area (Å²) in [4.78, 5) is 59.8. The van der Waals surface area contributed by atoms with Gasteiger partial charge in [0.05, 0.1) is 28.7 Å². The standard InChI is InChI=1S/C29H53BIN4O8S/c1-25(2,18-27(5,6)35-23(39)28(7,31)19-26(3,4)24(40)41)22(38)34-13-14-42-15-16-43-17-20(36)33-12-10-9-11-29(32,44)21(37)30-8/h44H,9-19,32H2,1-8H3,(H,33,36)(H,34,38)(H,35,39)(H,40,41)/t28?,29-/m0/s1. The van der Waals surface area contributed by atoms with E-state index in [2.05, 4.69) is 28.6 Å². The molecule has 2 atom stereocenters. The van der Waals surface area contributed by atoms with Crippen LogP contribution in [0.15, 0.2) is 0 Å². The average molecular weight is 756 g/mol. The van der Waals surface area contributed by atoms with E-state index in [9.17, 15) is 29.1 Å². The Morgan fingerprint density at radius 2 is 1.43 bits per heavy atom. The molecule has 0 saturated heterocycles. The van der Waals surface area contributed by atoms with Crippen molar-refractivity contribution in [1.82, 2.24) is 16.0 Å². The summed E-state index contributed by atoms with van der Waals surface area (Å²) < 4.78 is 9.84. The van der Waals surface area contributed by atoms with Gasteiger partial charge in [0, 0.05) is 24.0 Å². The molecular formula is C29H53BIN4O8S. The van der Waals surface area contributed by atoms with Crippen molar-refractivity contribution in [3.8, 4) is 0 Å². The number of halogens is 1. The van der Waals surface area contributed by atoms with Gasteiger partial charge in [-0.15, -0.1) is 0 Å². The summed E-state index contributed by atoms with van der Waals surface area (Å²) >= 11 is 6.18. The number of nitrogens with one attached hydrogen (secondary N) is 3. The number of rotatable bonds is 23. The topological polar surface area (TPSA) is 186 Å². The number of amides is 3. The Morgan fingerprint density at radius 1 is 0.841 bits per heavy atom. The van der Waals surface area contributed by atoms with Crippen LogP contribution in [0, 0.1) is 10.8 Å². The van der Waals surface area contributed by atoms with Gasteiger partial charge in [0.1, 0.15) is 17.2 Å². The Labute approximate surface area is 282 Å². The number of carbonyl (C=O) groups is 5. The number of aliphatic carboxylic acids is 1. The van der Waals surface area contributed by atoms with Gasteiger partial charge in [-0.3, -0.25) is 19.2 Å². The van der Waals surface area contributed by atoms with Gasteiger partial charge in [0.25, 0.3) is 0 Å². The maximum atomic E-state index is 13.0. The first-order valence-corrected chi connectivity index (χ1v) is 16.3. The SMILES string of the molecule is C[B]C(=O)[C@@](N)(S)CCCCNC(=O)COCCOCCNC(=O)C(C)(C)CC(C)(C)NC(=O)C(C)(I)CC(C)(C)C(=O)O. The summed E-state index contributed by atoms with van der Waals surface area (Å²) in [6, 6.07) is 0. The molecule has 0 rings (SSSR count). The fourth-order valence-electron chi connectivity index (χ4n) is 4.69. The largest absolute Gasteiger partial charge is 0.481 e. The molecule has 0 aliphatic heterocycles. The molecule has 6 N–H and O–H groups in total. The van der Waals surface area contributed by atoms with Crippen LogP contribution in [0.4, 0.5) is 0 Å². The van der Waals surface area contributed by atoms with Gasteiger partial charge in [-0.25, -0.2) is 0 Å². The normalized spacial score (nSPS) is 15.0. The monoisotopic (exact) mass is 755 g/mol. The minimum absolute atomic E-state index is 0.106. The third kappa shape index (κ3) is 16.8.